The van der Waals surface area contributed by atoms with Gasteiger partial charge in [0.1, 0.15) is 11.6 Å². The van der Waals surface area contributed by atoms with Gasteiger partial charge in [-0.1, -0.05) is 43.3 Å². The van der Waals surface area contributed by atoms with Crippen molar-refractivity contribution in [3.05, 3.63) is 101 Å². The van der Waals surface area contributed by atoms with Crippen molar-refractivity contribution in [2.45, 2.75) is 38.1 Å². The molecule has 4 nitrogen and oxygen atoms in total. The summed E-state index contributed by atoms with van der Waals surface area (Å²) in [5, 5.41) is 7.07. The Bertz CT molecular complexity index is 1190. The number of allylic oxidation sites excluding steroid dienone is 1. The number of rotatable bonds is 5. The number of carbonyl (C=O) groups excluding carboxylic acids is 1. The van der Waals surface area contributed by atoms with Crippen LogP contribution in [0.15, 0.2) is 84.1 Å². The van der Waals surface area contributed by atoms with E-state index in [1.807, 2.05) is 36.4 Å². The molecule has 0 aromatic heterocycles. The standard InChI is InChI=1S/C28H27FN2O2/c1-2-15-33-22-13-9-18(10-14-22)20-16-25-27(26(32)17-20)28(19-7-11-21(29)12-8-19)31-24-6-4-3-5-23(24)30-25/h3-14,20,28,30-31H,2,15-17H2,1H3. The van der Waals surface area contributed by atoms with E-state index in [4.69, 9.17) is 4.74 Å². The van der Waals surface area contributed by atoms with E-state index in [0.717, 1.165) is 52.4 Å². The molecule has 2 N–H and O–H groups in total. The van der Waals surface area contributed by atoms with Crippen LogP contribution in [-0.4, -0.2) is 12.4 Å². The van der Waals surface area contributed by atoms with Crippen molar-refractivity contribution in [1.29, 1.82) is 0 Å². The minimum absolute atomic E-state index is 0.0862. The average molecular weight is 443 g/mol. The lowest BCUT2D eigenvalue weighted by atomic mass is 9.78. The van der Waals surface area contributed by atoms with Crippen LogP contribution in [0, 0.1) is 5.82 Å². The molecule has 0 saturated carbocycles. The van der Waals surface area contributed by atoms with Crippen LogP contribution < -0.4 is 15.4 Å². The van der Waals surface area contributed by atoms with E-state index in [1.54, 1.807) is 12.1 Å². The van der Waals surface area contributed by atoms with E-state index in [0.29, 0.717) is 13.0 Å². The summed E-state index contributed by atoms with van der Waals surface area (Å²) in [4.78, 5) is 13.5. The molecule has 3 aromatic rings. The number of Topliss-reactive ketones (excluding diaryl/α,β-unsaturated/α-hetero) is 1. The molecule has 1 heterocycles. The lowest BCUT2D eigenvalue weighted by molar-refractivity contribution is -0.116. The Morgan fingerprint density at radius 3 is 2.33 bits per heavy atom. The molecule has 0 bridgehead atoms. The number of fused-ring (bicyclic) bond motifs is 1. The first-order valence-corrected chi connectivity index (χ1v) is 11.5. The number of para-hydroxylation sites is 2. The van der Waals surface area contributed by atoms with E-state index >= 15 is 0 Å². The molecule has 5 rings (SSSR count). The number of benzene rings is 3. The molecule has 1 aliphatic carbocycles. The number of hydrogen-bond donors (Lipinski definition) is 2. The maximum Gasteiger partial charge on any atom is 0.163 e. The topological polar surface area (TPSA) is 50.4 Å². The fraction of sp³-hybridized carbons (Fsp3) is 0.250. The number of nitrogens with one attached hydrogen (secondary N) is 2. The second-order valence-electron chi connectivity index (χ2n) is 8.64. The molecule has 0 radical (unpaired) electrons. The van der Waals surface area contributed by atoms with E-state index in [-0.39, 0.29) is 23.6 Å². The summed E-state index contributed by atoms with van der Waals surface area (Å²) in [7, 11) is 0. The summed E-state index contributed by atoms with van der Waals surface area (Å²) in [6, 6.07) is 22.1. The molecule has 33 heavy (non-hydrogen) atoms. The van der Waals surface area contributed by atoms with Gasteiger partial charge in [-0.3, -0.25) is 4.79 Å². The van der Waals surface area contributed by atoms with E-state index in [9.17, 15) is 9.18 Å². The third-order valence-electron chi connectivity index (χ3n) is 6.34. The minimum Gasteiger partial charge on any atom is -0.494 e. The first-order valence-electron chi connectivity index (χ1n) is 11.5. The highest BCUT2D eigenvalue weighted by Crippen LogP contribution is 2.44. The molecule has 0 spiro atoms. The van der Waals surface area contributed by atoms with Gasteiger partial charge in [0.2, 0.25) is 0 Å². The second-order valence-corrected chi connectivity index (χ2v) is 8.64. The highest BCUT2D eigenvalue weighted by molar-refractivity contribution is 6.01. The third kappa shape index (κ3) is 4.36. The number of anilines is 2. The zero-order chi connectivity index (χ0) is 22.8. The van der Waals surface area contributed by atoms with Gasteiger partial charge in [-0.25, -0.2) is 4.39 Å². The van der Waals surface area contributed by atoms with Gasteiger partial charge in [-0.05, 0) is 66.3 Å². The maximum absolute atomic E-state index is 13.6. The molecule has 3 aromatic carbocycles. The molecular formula is C28H27FN2O2. The van der Waals surface area contributed by atoms with Crippen molar-refractivity contribution in [2.24, 2.45) is 0 Å². The summed E-state index contributed by atoms with van der Waals surface area (Å²) in [5.41, 5.74) is 5.51. The highest BCUT2D eigenvalue weighted by atomic mass is 19.1. The van der Waals surface area contributed by atoms with Crippen LogP contribution in [-0.2, 0) is 4.79 Å². The van der Waals surface area contributed by atoms with Gasteiger partial charge in [-0.2, -0.15) is 0 Å². The molecule has 0 saturated heterocycles. The van der Waals surface area contributed by atoms with Crippen LogP contribution in [0.2, 0.25) is 0 Å². The van der Waals surface area contributed by atoms with Gasteiger partial charge in [0, 0.05) is 17.7 Å². The highest BCUT2D eigenvalue weighted by Gasteiger charge is 2.36. The van der Waals surface area contributed by atoms with Gasteiger partial charge in [0.05, 0.1) is 24.0 Å². The van der Waals surface area contributed by atoms with E-state index < -0.39 is 0 Å². The van der Waals surface area contributed by atoms with E-state index in [1.165, 1.54) is 12.1 Å². The number of halogens is 1. The zero-order valence-corrected chi connectivity index (χ0v) is 18.6. The Balaban J connectivity index is 1.50. The third-order valence-corrected chi connectivity index (χ3v) is 6.34. The predicted octanol–water partition coefficient (Wildman–Crippen LogP) is 6.59. The molecule has 0 fully saturated rings. The van der Waals surface area contributed by atoms with Crippen molar-refractivity contribution in [3.8, 4) is 5.75 Å². The SMILES string of the molecule is CCCOc1ccc(C2CC(=O)C3=C(C2)Nc2ccccc2NC3c2ccc(F)cc2)cc1. The monoisotopic (exact) mass is 442 g/mol. The summed E-state index contributed by atoms with van der Waals surface area (Å²) in [6.07, 6.45) is 2.13. The summed E-state index contributed by atoms with van der Waals surface area (Å²) >= 11 is 0. The van der Waals surface area contributed by atoms with Gasteiger partial charge >= 0.3 is 0 Å². The van der Waals surface area contributed by atoms with Crippen LogP contribution >= 0.6 is 0 Å². The fourth-order valence-corrected chi connectivity index (χ4v) is 4.69. The molecule has 2 aliphatic rings. The van der Waals surface area contributed by atoms with Crippen LogP contribution in [0.4, 0.5) is 15.8 Å². The van der Waals surface area contributed by atoms with Crippen LogP contribution in [0.1, 0.15) is 49.3 Å². The van der Waals surface area contributed by atoms with Crippen molar-refractivity contribution in [2.75, 3.05) is 17.2 Å². The molecule has 2 unspecified atom stereocenters. The predicted molar refractivity (Wildman–Crippen MR) is 129 cm³/mol. The summed E-state index contributed by atoms with van der Waals surface area (Å²) < 4.78 is 19.3. The van der Waals surface area contributed by atoms with Gasteiger partial charge in [0.25, 0.3) is 0 Å². The normalized spacial score (nSPS) is 19.6. The van der Waals surface area contributed by atoms with E-state index in [2.05, 4.69) is 29.7 Å². The van der Waals surface area contributed by atoms with Gasteiger partial charge in [0.15, 0.2) is 5.78 Å². The number of ether oxygens (including phenoxy) is 1. The minimum atomic E-state index is -0.338. The summed E-state index contributed by atoms with van der Waals surface area (Å²) in [5.74, 6) is 0.754. The van der Waals surface area contributed by atoms with Crippen molar-refractivity contribution < 1.29 is 13.9 Å². The van der Waals surface area contributed by atoms with Gasteiger partial charge < -0.3 is 15.4 Å². The Hall–Kier alpha value is -3.60. The first-order chi connectivity index (χ1) is 16.1. The largest absolute Gasteiger partial charge is 0.494 e. The molecule has 1 aliphatic heterocycles. The van der Waals surface area contributed by atoms with Crippen molar-refractivity contribution in [1.82, 2.24) is 0 Å². The molecule has 168 valence electrons. The lowest BCUT2D eigenvalue weighted by Gasteiger charge is -2.30. The van der Waals surface area contributed by atoms with Crippen LogP contribution in [0.5, 0.6) is 5.75 Å². The van der Waals surface area contributed by atoms with Crippen molar-refractivity contribution >= 4 is 17.2 Å². The quantitative estimate of drug-likeness (QED) is 0.468. The molecule has 2 atom stereocenters. The van der Waals surface area contributed by atoms with Crippen LogP contribution in [0.3, 0.4) is 0 Å². The van der Waals surface area contributed by atoms with Crippen LogP contribution in [0.25, 0.3) is 0 Å². The summed E-state index contributed by atoms with van der Waals surface area (Å²) in [6.45, 7) is 2.78. The first kappa shape index (κ1) is 21.3. The Morgan fingerprint density at radius 1 is 0.909 bits per heavy atom. The molecule has 5 heteroatoms. The second kappa shape index (κ2) is 9.10. The Labute approximate surface area is 193 Å². The van der Waals surface area contributed by atoms with Gasteiger partial charge in [-0.15, -0.1) is 0 Å². The number of ketones is 1. The molecule has 0 amide bonds. The fourth-order valence-electron chi connectivity index (χ4n) is 4.69. The molecular weight excluding hydrogens is 415 g/mol. The number of hydrogen-bond acceptors (Lipinski definition) is 4. The smallest absolute Gasteiger partial charge is 0.163 e. The zero-order valence-electron chi connectivity index (χ0n) is 18.6. The number of carbonyl (C=O) groups is 1. The lowest BCUT2D eigenvalue weighted by Crippen LogP contribution is -2.26. The maximum atomic E-state index is 13.6. The average Bonchev–Trinajstić information content (AvgIpc) is 3.00. The Kier molecular flexibility index (Phi) is 5.86. The Morgan fingerprint density at radius 2 is 1.61 bits per heavy atom. The van der Waals surface area contributed by atoms with Crippen molar-refractivity contribution in [3.63, 3.8) is 0 Å².